The van der Waals surface area contributed by atoms with E-state index >= 15 is 0 Å². The number of rotatable bonds is 5. The van der Waals surface area contributed by atoms with Gasteiger partial charge in [0.25, 0.3) is 0 Å². The molecule has 0 fully saturated rings. The molecule has 6 heteroatoms. The SMILES string of the molecule is CN(C)c1cccc(NCc2csc([N+](=O)[O-])c2)c1. The quantitative estimate of drug-likeness (QED) is 0.672. The molecule has 19 heavy (non-hydrogen) atoms. The van der Waals surface area contributed by atoms with Gasteiger partial charge in [-0.25, -0.2) is 0 Å². The molecule has 1 heterocycles. The molecule has 100 valence electrons. The topological polar surface area (TPSA) is 58.4 Å². The maximum absolute atomic E-state index is 10.6. The summed E-state index contributed by atoms with van der Waals surface area (Å²) in [6, 6.07) is 9.64. The fourth-order valence-corrected chi connectivity index (χ4v) is 2.38. The highest BCUT2D eigenvalue weighted by molar-refractivity contribution is 7.13. The molecule has 0 aliphatic heterocycles. The number of nitrogens with one attached hydrogen (secondary N) is 1. The summed E-state index contributed by atoms with van der Waals surface area (Å²) >= 11 is 1.15. The van der Waals surface area contributed by atoms with Crippen LogP contribution in [0.15, 0.2) is 35.7 Å². The highest BCUT2D eigenvalue weighted by atomic mass is 32.1. The molecule has 1 N–H and O–H groups in total. The van der Waals surface area contributed by atoms with Gasteiger partial charge in [0, 0.05) is 43.5 Å². The van der Waals surface area contributed by atoms with E-state index in [9.17, 15) is 10.1 Å². The van der Waals surface area contributed by atoms with Gasteiger partial charge in [-0.3, -0.25) is 10.1 Å². The molecule has 0 aliphatic rings. The smallest absolute Gasteiger partial charge is 0.324 e. The lowest BCUT2D eigenvalue weighted by molar-refractivity contribution is -0.380. The Kier molecular flexibility index (Phi) is 4.01. The predicted molar refractivity (Wildman–Crippen MR) is 79.1 cm³/mol. The van der Waals surface area contributed by atoms with Crippen molar-refractivity contribution in [2.24, 2.45) is 0 Å². The van der Waals surface area contributed by atoms with Gasteiger partial charge in [0.2, 0.25) is 0 Å². The third-order valence-electron chi connectivity index (χ3n) is 2.68. The van der Waals surface area contributed by atoms with Crippen LogP contribution in [0.3, 0.4) is 0 Å². The summed E-state index contributed by atoms with van der Waals surface area (Å²) in [5.41, 5.74) is 3.04. The van der Waals surface area contributed by atoms with Crippen LogP contribution in [0.2, 0.25) is 0 Å². The third-order valence-corrected chi connectivity index (χ3v) is 3.61. The zero-order valence-electron chi connectivity index (χ0n) is 10.8. The molecule has 0 saturated carbocycles. The van der Waals surface area contributed by atoms with Crippen molar-refractivity contribution < 1.29 is 4.92 Å². The summed E-state index contributed by atoms with van der Waals surface area (Å²) in [7, 11) is 3.97. The van der Waals surface area contributed by atoms with Gasteiger partial charge in [0.15, 0.2) is 0 Å². The number of nitro groups is 1. The van der Waals surface area contributed by atoms with Crippen molar-refractivity contribution in [3.63, 3.8) is 0 Å². The van der Waals surface area contributed by atoms with Crippen LogP contribution in [0, 0.1) is 10.1 Å². The number of hydrogen-bond acceptors (Lipinski definition) is 5. The van der Waals surface area contributed by atoms with Crippen molar-refractivity contribution in [3.05, 3.63) is 51.4 Å². The summed E-state index contributed by atoms with van der Waals surface area (Å²) in [6.45, 7) is 0.585. The van der Waals surface area contributed by atoms with Crippen molar-refractivity contribution >= 4 is 27.7 Å². The highest BCUT2D eigenvalue weighted by Crippen LogP contribution is 2.24. The second-order valence-electron chi connectivity index (χ2n) is 4.35. The number of hydrogen-bond donors (Lipinski definition) is 1. The van der Waals surface area contributed by atoms with Crippen LogP contribution in [0.4, 0.5) is 16.4 Å². The van der Waals surface area contributed by atoms with E-state index in [1.165, 1.54) is 0 Å². The number of nitrogens with zero attached hydrogens (tertiary/aromatic N) is 2. The van der Waals surface area contributed by atoms with E-state index in [-0.39, 0.29) is 9.92 Å². The average molecular weight is 277 g/mol. The van der Waals surface area contributed by atoms with Crippen molar-refractivity contribution in [1.82, 2.24) is 0 Å². The molecule has 1 aromatic heterocycles. The van der Waals surface area contributed by atoms with Crippen LogP contribution in [-0.2, 0) is 6.54 Å². The molecule has 0 unspecified atom stereocenters. The van der Waals surface area contributed by atoms with Gasteiger partial charge >= 0.3 is 5.00 Å². The summed E-state index contributed by atoms with van der Waals surface area (Å²) < 4.78 is 0. The Morgan fingerprint density at radius 1 is 1.37 bits per heavy atom. The lowest BCUT2D eigenvalue weighted by Gasteiger charge is -2.14. The predicted octanol–water partition coefficient (Wildman–Crippen LogP) is 3.33. The average Bonchev–Trinajstić information content (AvgIpc) is 2.85. The summed E-state index contributed by atoms with van der Waals surface area (Å²) in [5, 5.41) is 15.8. The zero-order chi connectivity index (χ0) is 13.8. The summed E-state index contributed by atoms with van der Waals surface area (Å²) in [6.07, 6.45) is 0. The Morgan fingerprint density at radius 3 is 2.79 bits per heavy atom. The Balaban J connectivity index is 2.01. The van der Waals surface area contributed by atoms with Crippen LogP contribution in [0.25, 0.3) is 0 Å². The van der Waals surface area contributed by atoms with Crippen LogP contribution in [0.5, 0.6) is 0 Å². The fourth-order valence-electron chi connectivity index (χ4n) is 1.65. The molecule has 0 saturated heterocycles. The molecule has 2 rings (SSSR count). The lowest BCUT2D eigenvalue weighted by atomic mass is 10.2. The van der Waals surface area contributed by atoms with Gasteiger partial charge in [-0.15, -0.1) is 0 Å². The monoisotopic (exact) mass is 277 g/mol. The van der Waals surface area contributed by atoms with Crippen LogP contribution < -0.4 is 10.2 Å². The number of thiophene rings is 1. The maximum atomic E-state index is 10.6. The van der Waals surface area contributed by atoms with Crippen molar-refractivity contribution in [3.8, 4) is 0 Å². The number of benzene rings is 1. The van der Waals surface area contributed by atoms with Gasteiger partial charge in [-0.1, -0.05) is 17.4 Å². The molecule has 0 radical (unpaired) electrons. The van der Waals surface area contributed by atoms with Gasteiger partial charge in [-0.05, 0) is 23.8 Å². The Bertz CT molecular complexity index is 581. The van der Waals surface area contributed by atoms with E-state index in [4.69, 9.17) is 0 Å². The molecular formula is C13H15N3O2S. The normalized spacial score (nSPS) is 10.2. The first-order valence-corrected chi connectivity index (χ1v) is 6.67. The minimum absolute atomic E-state index is 0.179. The van der Waals surface area contributed by atoms with Gasteiger partial charge in [0.05, 0.1) is 4.92 Å². The van der Waals surface area contributed by atoms with Gasteiger partial charge in [-0.2, -0.15) is 0 Å². The zero-order valence-corrected chi connectivity index (χ0v) is 11.6. The minimum atomic E-state index is -0.360. The second kappa shape index (κ2) is 5.71. The lowest BCUT2D eigenvalue weighted by Crippen LogP contribution is -2.09. The van der Waals surface area contributed by atoms with E-state index in [1.54, 1.807) is 11.4 Å². The molecule has 0 amide bonds. The number of anilines is 2. The Labute approximate surface area is 115 Å². The van der Waals surface area contributed by atoms with E-state index in [2.05, 4.69) is 5.32 Å². The van der Waals surface area contributed by atoms with E-state index in [0.717, 1.165) is 28.3 Å². The first-order chi connectivity index (χ1) is 9.06. The second-order valence-corrected chi connectivity index (χ2v) is 5.24. The van der Waals surface area contributed by atoms with Crippen LogP contribution >= 0.6 is 11.3 Å². The maximum Gasteiger partial charge on any atom is 0.324 e. The largest absolute Gasteiger partial charge is 0.381 e. The molecule has 0 aliphatic carbocycles. The third kappa shape index (κ3) is 3.45. The molecule has 0 bridgehead atoms. The van der Waals surface area contributed by atoms with Crippen LogP contribution in [0.1, 0.15) is 5.56 Å². The Morgan fingerprint density at radius 2 is 2.16 bits per heavy atom. The first kappa shape index (κ1) is 13.4. The molecule has 5 nitrogen and oxygen atoms in total. The molecule has 0 atom stereocenters. The van der Waals surface area contributed by atoms with Crippen molar-refractivity contribution in [1.29, 1.82) is 0 Å². The van der Waals surface area contributed by atoms with Crippen LogP contribution in [-0.4, -0.2) is 19.0 Å². The van der Waals surface area contributed by atoms with Gasteiger partial charge in [0.1, 0.15) is 0 Å². The molecule has 2 aromatic rings. The van der Waals surface area contributed by atoms with E-state index in [1.807, 2.05) is 43.3 Å². The minimum Gasteiger partial charge on any atom is -0.381 e. The first-order valence-electron chi connectivity index (χ1n) is 5.79. The standard InChI is InChI=1S/C13H15N3O2S/c1-15(2)12-5-3-4-11(7-12)14-8-10-6-13(16(17)18)19-9-10/h3-7,9,14H,8H2,1-2H3. The summed E-state index contributed by atoms with van der Waals surface area (Å²) in [4.78, 5) is 12.3. The fraction of sp³-hybridized carbons (Fsp3) is 0.231. The van der Waals surface area contributed by atoms with Gasteiger partial charge < -0.3 is 10.2 Å². The highest BCUT2D eigenvalue weighted by Gasteiger charge is 2.09. The van der Waals surface area contributed by atoms with E-state index < -0.39 is 0 Å². The summed E-state index contributed by atoms with van der Waals surface area (Å²) in [5.74, 6) is 0. The Hall–Kier alpha value is -2.08. The molecule has 1 aromatic carbocycles. The van der Waals surface area contributed by atoms with E-state index in [0.29, 0.717) is 6.54 Å². The molecule has 0 spiro atoms. The molecular weight excluding hydrogens is 262 g/mol. The van der Waals surface area contributed by atoms with Crippen molar-refractivity contribution in [2.75, 3.05) is 24.3 Å². The van der Waals surface area contributed by atoms with Crippen molar-refractivity contribution in [2.45, 2.75) is 6.54 Å².